The van der Waals surface area contributed by atoms with Crippen molar-refractivity contribution in [3.05, 3.63) is 63.7 Å². The van der Waals surface area contributed by atoms with E-state index in [0.29, 0.717) is 29.4 Å². The summed E-state index contributed by atoms with van der Waals surface area (Å²) >= 11 is 0. The Labute approximate surface area is 166 Å². The lowest BCUT2D eigenvalue weighted by Crippen LogP contribution is -2.21. The van der Waals surface area contributed by atoms with Gasteiger partial charge in [0, 0.05) is 17.7 Å². The smallest absolute Gasteiger partial charge is 0.284 e. The van der Waals surface area contributed by atoms with Gasteiger partial charge >= 0.3 is 0 Å². The van der Waals surface area contributed by atoms with Crippen LogP contribution in [0.1, 0.15) is 12.5 Å². The Hall–Kier alpha value is -3.88. The molecule has 2 aromatic carbocycles. The van der Waals surface area contributed by atoms with Gasteiger partial charge in [-0.15, -0.1) is 5.10 Å². The number of benzene rings is 2. The molecule has 0 atom stereocenters. The number of hydrazone groups is 1. The summed E-state index contributed by atoms with van der Waals surface area (Å²) in [6.45, 7) is 2.10. The van der Waals surface area contributed by atoms with Gasteiger partial charge < -0.3 is 14.2 Å². The van der Waals surface area contributed by atoms with Crippen LogP contribution in [-0.4, -0.2) is 37.6 Å². The summed E-state index contributed by atoms with van der Waals surface area (Å²) in [6, 6.07) is 10.7. The number of carbonyl (C=O) groups is 1. The molecule has 29 heavy (non-hydrogen) atoms. The fourth-order valence-electron chi connectivity index (χ4n) is 2.76. The van der Waals surface area contributed by atoms with Crippen molar-refractivity contribution < 1.29 is 23.9 Å². The lowest BCUT2D eigenvalue weighted by molar-refractivity contribution is -0.384. The number of carbonyl (C=O) groups excluding carboxylic acids is 1. The number of hydrogen-bond donors (Lipinski definition) is 0. The predicted molar refractivity (Wildman–Crippen MR) is 107 cm³/mol. The summed E-state index contributed by atoms with van der Waals surface area (Å²) in [5.41, 5.74) is 1.16. The molecule has 0 N–H and O–H groups in total. The molecule has 0 saturated carbocycles. The first-order valence-electron chi connectivity index (χ1n) is 8.73. The third kappa shape index (κ3) is 4.03. The fourth-order valence-corrected chi connectivity index (χ4v) is 2.76. The van der Waals surface area contributed by atoms with Gasteiger partial charge in [-0.2, -0.15) is 5.01 Å². The van der Waals surface area contributed by atoms with Gasteiger partial charge in [-0.05, 0) is 43.3 Å². The van der Waals surface area contributed by atoms with E-state index >= 15 is 0 Å². The van der Waals surface area contributed by atoms with E-state index < -0.39 is 10.8 Å². The minimum Gasteiger partial charge on any atom is -0.497 e. The molecule has 3 rings (SSSR count). The number of nitrogens with zero attached hydrogens (tertiary/aromatic N) is 3. The van der Waals surface area contributed by atoms with E-state index in [1.54, 1.807) is 38.3 Å². The van der Waals surface area contributed by atoms with Gasteiger partial charge in [0.1, 0.15) is 17.1 Å². The molecule has 0 saturated heterocycles. The van der Waals surface area contributed by atoms with Crippen molar-refractivity contribution in [2.75, 3.05) is 25.8 Å². The van der Waals surface area contributed by atoms with Crippen molar-refractivity contribution in [2.45, 2.75) is 6.92 Å². The standard InChI is InChI=1S/C20H19N3O6/c1-4-29-19-17(12-13-11-16(27-2)9-10-18(13)28-3)20(24)22(21-19)14-5-7-15(8-6-14)23(25)26/h5-12H,4H2,1-3H3/b17-12+. The van der Waals surface area contributed by atoms with Crippen LogP contribution < -0.4 is 14.5 Å². The highest BCUT2D eigenvalue weighted by Crippen LogP contribution is 2.30. The van der Waals surface area contributed by atoms with Crippen molar-refractivity contribution in [2.24, 2.45) is 5.10 Å². The number of non-ortho nitro benzene ring substituents is 1. The second-order valence-electron chi connectivity index (χ2n) is 5.89. The van der Waals surface area contributed by atoms with E-state index in [9.17, 15) is 14.9 Å². The molecule has 1 amide bonds. The number of nitro groups is 1. The van der Waals surface area contributed by atoms with Gasteiger partial charge in [0.25, 0.3) is 11.6 Å². The van der Waals surface area contributed by atoms with E-state index in [0.717, 1.165) is 5.01 Å². The van der Waals surface area contributed by atoms with E-state index in [-0.39, 0.29) is 17.2 Å². The van der Waals surface area contributed by atoms with Crippen LogP contribution >= 0.6 is 0 Å². The molecule has 0 unspecified atom stereocenters. The van der Waals surface area contributed by atoms with Crippen LogP contribution in [0.15, 0.2) is 53.1 Å². The summed E-state index contributed by atoms with van der Waals surface area (Å²) in [5, 5.41) is 16.2. The average Bonchev–Trinajstić information content (AvgIpc) is 3.03. The molecule has 0 aromatic heterocycles. The Bertz CT molecular complexity index is 998. The first-order valence-corrected chi connectivity index (χ1v) is 8.73. The quantitative estimate of drug-likeness (QED) is 0.420. The number of ether oxygens (including phenoxy) is 3. The number of methoxy groups -OCH3 is 2. The highest BCUT2D eigenvalue weighted by molar-refractivity contribution is 6.30. The molecule has 1 aliphatic rings. The molecule has 0 radical (unpaired) electrons. The van der Waals surface area contributed by atoms with Crippen LogP contribution in [-0.2, 0) is 9.53 Å². The number of hydrogen-bond acceptors (Lipinski definition) is 7. The largest absolute Gasteiger partial charge is 0.497 e. The van der Waals surface area contributed by atoms with Gasteiger partial charge in [-0.3, -0.25) is 14.9 Å². The zero-order valence-electron chi connectivity index (χ0n) is 16.1. The second kappa shape index (κ2) is 8.42. The lowest BCUT2D eigenvalue weighted by atomic mass is 10.1. The molecule has 1 aliphatic heterocycles. The molecule has 9 nitrogen and oxygen atoms in total. The summed E-state index contributed by atoms with van der Waals surface area (Å²) in [7, 11) is 3.07. The van der Waals surface area contributed by atoms with Crippen LogP contribution in [0.2, 0.25) is 0 Å². The molecule has 9 heteroatoms. The monoisotopic (exact) mass is 397 g/mol. The van der Waals surface area contributed by atoms with Crippen LogP contribution in [0, 0.1) is 10.1 Å². The third-order valence-electron chi connectivity index (χ3n) is 4.17. The Morgan fingerprint density at radius 2 is 1.86 bits per heavy atom. The van der Waals surface area contributed by atoms with Crippen LogP contribution in [0.3, 0.4) is 0 Å². The van der Waals surface area contributed by atoms with Crippen LogP contribution in [0.25, 0.3) is 6.08 Å². The Morgan fingerprint density at radius 3 is 2.45 bits per heavy atom. The summed E-state index contributed by atoms with van der Waals surface area (Å²) < 4.78 is 16.1. The maximum Gasteiger partial charge on any atom is 0.284 e. The predicted octanol–water partition coefficient (Wildman–Crippen LogP) is 3.39. The molecule has 2 aromatic rings. The van der Waals surface area contributed by atoms with E-state index in [4.69, 9.17) is 14.2 Å². The minimum atomic E-state index is -0.509. The van der Waals surface area contributed by atoms with Crippen LogP contribution in [0.5, 0.6) is 11.5 Å². The molecule has 0 bridgehead atoms. The van der Waals surface area contributed by atoms with Crippen molar-refractivity contribution >= 4 is 29.3 Å². The highest BCUT2D eigenvalue weighted by Gasteiger charge is 2.33. The number of anilines is 1. The summed E-state index contributed by atoms with van der Waals surface area (Å²) in [6.07, 6.45) is 1.61. The third-order valence-corrected chi connectivity index (χ3v) is 4.17. The van der Waals surface area contributed by atoms with E-state index in [1.807, 2.05) is 0 Å². The average molecular weight is 397 g/mol. The number of nitro benzene ring substituents is 1. The van der Waals surface area contributed by atoms with Gasteiger partial charge in [0.05, 0.1) is 31.4 Å². The minimum absolute atomic E-state index is 0.0775. The normalized spacial score (nSPS) is 14.7. The summed E-state index contributed by atoms with van der Waals surface area (Å²) in [5.74, 6) is 0.883. The SMILES string of the molecule is CCOC1=NN(c2ccc([N+](=O)[O-])cc2)C(=O)/C1=C/c1cc(OC)ccc1OC. The number of amides is 1. The van der Waals surface area contributed by atoms with Gasteiger partial charge in [-0.25, -0.2) is 0 Å². The fraction of sp³-hybridized carbons (Fsp3) is 0.200. The van der Waals surface area contributed by atoms with E-state index in [1.165, 1.54) is 31.4 Å². The maximum absolute atomic E-state index is 13.0. The first kappa shape index (κ1) is 19.9. The molecule has 0 fully saturated rings. The maximum atomic E-state index is 13.0. The van der Waals surface area contributed by atoms with Crippen molar-refractivity contribution in [1.82, 2.24) is 0 Å². The van der Waals surface area contributed by atoms with Crippen molar-refractivity contribution in [3.8, 4) is 11.5 Å². The Morgan fingerprint density at radius 1 is 1.14 bits per heavy atom. The second-order valence-corrected chi connectivity index (χ2v) is 5.89. The Balaban J connectivity index is 2.02. The van der Waals surface area contributed by atoms with Crippen molar-refractivity contribution in [1.29, 1.82) is 0 Å². The molecular weight excluding hydrogens is 378 g/mol. The molecule has 0 aliphatic carbocycles. The van der Waals surface area contributed by atoms with Crippen LogP contribution in [0.4, 0.5) is 11.4 Å². The Kier molecular flexibility index (Phi) is 5.77. The van der Waals surface area contributed by atoms with Gasteiger partial charge in [0.2, 0.25) is 5.90 Å². The van der Waals surface area contributed by atoms with Gasteiger partial charge in [-0.1, -0.05) is 0 Å². The summed E-state index contributed by atoms with van der Waals surface area (Å²) in [4.78, 5) is 23.4. The molecule has 150 valence electrons. The zero-order chi connectivity index (χ0) is 21.0. The van der Waals surface area contributed by atoms with E-state index in [2.05, 4.69) is 5.10 Å². The molecular formula is C20H19N3O6. The highest BCUT2D eigenvalue weighted by atomic mass is 16.6. The zero-order valence-corrected chi connectivity index (χ0v) is 16.1. The first-order chi connectivity index (χ1) is 14.0. The topological polar surface area (TPSA) is 104 Å². The lowest BCUT2D eigenvalue weighted by Gasteiger charge is -2.11. The van der Waals surface area contributed by atoms with Crippen molar-refractivity contribution in [3.63, 3.8) is 0 Å². The number of rotatable bonds is 6. The van der Waals surface area contributed by atoms with Gasteiger partial charge in [0.15, 0.2) is 0 Å². The molecule has 1 heterocycles. The molecule has 0 spiro atoms.